The summed E-state index contributed by atoms with van der Waals surface area (Å²) in [6.45, 7) is 4.33. The molecule has 1 fully saturated rings. The van der Waals surface area contributed by atoms with E-state index in [0.717, 1.165) is 16.1 Å². The number of nitrogens with one attached hydrogen (secondary N) is 3. The molecule has 2 heterocycles. The maximum absolute atomic E-state index is 12.3. The predicted octanol–water partition coefficient (Wildman–Crippen LogP) is 2.61. The number of carbonyl (C=O) groups is 1. The van der Waals surface area contributed by atoms with Gasteiger partial charge < -0.3 is 5.32 Å². The van der Waals surface area contributed by atoms with Crippen molar-refractivity contribution in [3.05, 3.63) is 54.4 Å². The van der Waals surface area contributed by atoms with E-state index < -0.39 is 0 Å². The number of hydrogen-bond donors (Lipinski definition) is 3. The van der Waals surface area contributed by atoms with E-state index in [4.69, 9.17) is 0 Å². The monoisotopic (exact) mass is 342 g/mol. The zero-order valence-corrected chi connectivity index (χ0v) is 14.6. The number of carbonyl (C=O) groups excluding carboxylic acids is 1. The van der Waals surface area contributed by atoms with Gasteiger partial charge in [0.2, 0.25) is 5.91 Å². The third-order valence-corrected chi connectivity index (χ3v) is 5.73. The van der Waals surface area contributed by atoms with Gasteiger partial charge in [-0.1, -0.05) is 18.2 Å². The number of anilines is 1. The molecule has 5 nitrogen and oxygen atoms in total. The molecule has 1 saturated heterocycles. The summed E-state index contributed by atoms with van der Waals surface area (Å²) < 4.78 is 0. The molecule has 0 spiro atoms. The average molecular weight is 342 g/mol. The van der Waals surface area contributed by atoms with Crippen molar-refractivity contribution in [2.75, 3.05) is 5.32 Å². The first-order chi connectivity index (χ1) is 11.6. The zero-order chi connectivity index (χ0) is 16.9. The van der Waals surface area contributed by atoms with Gasteiger partial charge in [0.1, 0.15) is 0 Å². The lowest BCUT2D eigenvalue weighted by molar-refractivity contribution is -0.115. The fraction of sp³-hybridized carbons (Fsp3) is 0.333. The van der Waals surface area contributed by atoms with E-state index in [9.17, 15) is 4.79 Å². The highest BCUT2D eigenvalue weighted by molar-refractivity contribution is 8.00. The molecule has 0 radical (unpaired) electrons. The minimum atomic E-state index is -0.0279. The van der Waals surface area contributed by atoms with Crippen LogP contribution in [0.4, 0.5) is 5.69 Å². The van der Waals surface area contributed by atoms with Crippen LogP contribution < -0.4 is 16.2 Å². The number of para-hydroxylation sites is 1. The fourth-order valence-corrected chi connectivity index (χ4v) is 4.01. The Bertz CT molecular complexity index is 684. The Labute approximate surface area is 146 Å². The molecule has 3 rings (SSSR count). The van der Waals surface area contributed by atoms with Crippen LogP contribution in [0, 0.1) is 0 Å². The van der Waals surface area contributed by atoms with Gasteiger partial charge in [-0.25, -0.2) is 0 Å². The quantitative estimate of drug-likeness (QED) is 0.779. The van der Waals surface area contributed by atoms with Crippen LogP contribution in [0.1, 0.15) is 19.4 Å². The van der Waals surface area contributed by atoms with E-state index in [2.05, 4.69) is 41.1 Å². The lowest BCUT2D eigenvalue weighted by Gasteiger charge is -2.19. The summed E-state index contributed by atoms with van der Waals surface area (Å²) in [5, 5.41) is 3.44. The highest BCUT2D eigenvalue weighted by atomic mass is 32.2. The lowest BCUT2D eigenvalue weighted by atomic mass is 10.2. The standard InChI is InChI=1S/C18H22N4OS/c1-12-18(13(2)22-21-12)24-16-8-4-3-7-15(16)20-17(23)10-14-6-5-9-19-11-14/h3-9,11-13,18,21-22H,10H2,1-2H3,(H,20,23). The third-order valence-electron chi connectivity index (χ3n) is 4.04. The average Bonchev–Trinajstić information content (AvgIpc) is 2.89. The maximum Gasteiger partial charge on any atom is 0.228 e. The van der Waals surface area contributed by atoms with E-state index in [1.165, 1.54) is 0 Å². The molecule has 0 aliphatic carbocycles. The van der Waals surface area contributed by atoms with Crippen LogP contribution in [0.15, 0.2) is 53.7 Å². The normalized spacial score (nSPS) is 23.2. The number of pyridine rings is 1. The van der Waals surface area contributed by atoms with Gasteiger partial charge in [-0.05, 0) is 37.6 Å². The van der Waals surface area contributed by atoms with Crippen LogP contribution in [-0.4, -0.2) is 28.2 Å². The first-order valence-corrected chi connectivity index (χ1v) is 8.97. The molecular formula is C18H22N4OS. The molecule has 6 heteroatoms. The summed E-state index contributed by atoms with van der Waals surface area (Å²) in [7, 11) is 0. The number of rotatable bonds is 5. The van der Waals surface area contributed by atoms with Crippen molar-refractivity contribution >= 4 is 23.4 Å². The van der Waals surface area contributed by atoms with Crippen LogP contribution in [-0.2, 0) is 11.2 Å². The van der Waals surface area contributed by atoms with Crippen molar-refractivity contribution in [1.82, 2.24) is 15.8 Å². The van der Waals surface area contributed by atoms with Crippen LogP contribution in [0.2, 0.25) is 0 Å². The molecule has 1 aliphatic rings. The van der Waals surface area contributed by atoms with Gasteiger partial charge in [0, 0.05) is 34.6 Å². The fourth-order valence-electron chi connectivity index (χ4n) is 2.77. The highest BCUT2D eigenvalue weighted by Gasteiger charge is 2.31. The molecule has 24 heavy (non-hydrogen) atoms. The minimum Gasteiger partial charge on any atom is -0.325 e. The van der Waals surface area contributed by atoms with Crippen molar-refractivity contribution < 1.29 is 4.79 Å². The number of nitrogens with zero attached hydrogens (tertiary/aromatic N) is 1. The summed E-state index contributed by atoms with van der Waals surface area (Å²) in [5.41, 5.74) is 8.31. The van der Waals surface area contributed by atoms with E-state index in [1.807, 2.05) is 30.3 Å². The maximum atomic E-state index is 12.3. The van der Waals surface area contributed by atoms with Gasteiger partial charge in [-0.3, -0.25) is 20.6 Å². The SMILES string of the molecule is CC1NNC(C)C1Sc1ccccc1NC(=O)Cc1cccnc1. The highest BCUT2D eigenvalue weighted by Crippen LogP contribution is 2.34. The number of benzene rings is 1. The molecule has 126 valence electrons. The van der Waals surface area contributed by atoms with Crippen LogP contribution in [0.25, 0.3) is 0 Å². The predicted molar refractivity (Wildman–Crippen MR) is 97.9 cm³/mol. The molecular weight excluding hydrogens is 320 g/mol. The largest absolute Gasteiger partial charge is 0.325 e. The Morgan fingerprint density at radius 1 is 1.17 bits per heavy atom. The number of hydrazine groups is 1. The molecule has 2 unspecified atom stereocenters. The topological polar surface area (TPSA) is 66.0 Å². The van der Waals surface area contributed by atoms with Crippen molar-refractivity contribution in [3.63, 3.8) is 0 Å². The second kappa shape index (κ2) is 7.79. The van der Waals surface area contributed by atoms with E-state index in [-0.39, 0.29) is 5.91 Å². The van der Waals surface area contributed by atoms with Crippen molar-refractivity contribution in [2.45, 2.75) is 42.5 Å². The molecule has 0 bridgehead atoms. The smallest absolute Gasteiger partial charge is 0.228 e. The van der Waals surface area contributed by atoms with Crippen molar-refractivity contribution in [1.29, 1.82) is 0 Å². The summed E-state index contributed by atoms with van der Waals surface area (Å²) in [6.07, 6.45) is 3.75. The molecule has 3 N–H and O–H groups in total. The molecule has 1 aliphatic heterocycles. The van der Waals surface area contributed by atoms with Gasteiger partial charge in [-0.15, -0.1) is 11.8 Å². The van der Waals surface area contributed by atoms with Gasteiger partial charge in [0.05, 0.1) is 12.1 Å². The van der Waals surface area contributed by atoms with Crippen molar-refractivity contribution in [2.24, 2.45) is 0 Å². The van der Waals surface area contributed by atoms with Crippen LogP contribution in [0.5, 0.6) is 0 Å². The molecule has 2 aromatic rings. The first-order valence-electron chi connectivity index (χ1n) is 8.09. The van der Waals surface area contributed by atoms with Crippen LogP contribution >= 0.6 is 11.8 Å². The van der Waals surface area contributed by atoms with E-state index in [0.29, 0.717) is 23.8 Å². The molecule has 0 saturated carbocycles. The molecule has 1 amide bonds. The Morgan fingerprint density at radius 3 is 2.62 bits per heavy atom. The van der Waals surface area contributed by atoms with Gasteiger partial charge in [0.15, 0.2) is 0 Å². The Hall–Kier alpha value is -1.89. The van der Waals surface area contributed by atoms with E-state index in [1.54, 1.807) is 24.2 Å². The zero-order valence-electron chi connectivity index (χ0n) is 13.8. The number of thioether (sulfide) groups is 1. The van der Waals surface area contributed by atoms with Gasteiger partial charge in [0.25, 0.3) is 0 Å². The lowest BCUT2D eigenvalue weighted by Crippen LogP contribution is -2.30. The second-order valence-electron chi connectivity index (χ2n) is 6.03. The molecule has 2 atom stereocenters. The van der Waals surface area contributed by atoms with Crippen LogP contribution in [0.3, 0.4) is 0 Å². The van der Waals surface area contributed by atoms with Gasteiger partial charge >= 0.3 is 0 Å². The first kappa shape index (κ1) is 17.0. The summed E-state index contributed by atoms with van der Waals surface area (Å²) in [5.74, 6) is -0.0279. The second-order valence-corrected chi connectivity index (χ2v) is 7.25. The Kier molecular flexibility index (Phi) is 5.50. The summed E-state index contributed by atoms with van der Waals surface area (Å²) >= 11 is 1.79. The molecule has 1 aromatic heterocycles. The minimum absolute atomic E-state index is 0.0279. The Morgan fingerprint density at radius 2 is 1.92 bits per heavy atom. The summed E-state index contributed by atoms with van der Waals surface area (Å²) in [6, 6.07) is 12.4. The number of aromatic nitrogens is 1. The summed E-state index contributed by atoms with van der Waals surface area (Å²) in [4.78, 5) is 17.5. The number of amides is 1. The Balaban J connectivity index is 1.69. The van der Waals surface area contributed by atoms with E-state index >= 15 is 0 Å². The van der Waals surface area contributed by atoms with Gasteiger partial charge in [-0.2, -0.15) is 0 Å². The third kappa shape index (κ3) is 4.14. The number of hydrogen-bond acceptors (Lipinski definition) is 5. The van der Waals surface area contributed by atoms with Crippen molar-refractivity contribution in [3.8, 4) is 0 Å². The molecule has 1 aromatic carbocycles.